The van der Waals surface area contributed by atoms with Gasteiger partial charge in [0.1, 0.15) is 11.9 Å². The molecular weight excluding hydrogens is 258 g/mol. The molecule has 1 aromatic carbocycles. The summed E-state index contributed by atoms with van der Waals surface area (Å²) < 4.78 is 6.32. The van der Waals surface area contributed by atoms with E-state index in [1.54, 1.807) is 0 Å². The van der Waals surface area contributed by atoms with E-state index < -0.39 is 0 Å². The van der Waals surface area contributed by atoms with Gasteiger partial charge in [-0.05, 0) is 43.2 Å². The van der Waals surface area contributed by atoms with Crippen LogP contribution in [0.4, 0.5) is 0 Å². The van der Waals surface area contributed by atoms with E-state index in [0.717, 1.165) is 25.1 Å². The number of nitrogens with one attached hydrogen (secondary N) is 1. The fourth-order valence-electron chi connectivity index (χ4n) is 3.09. The second-order valence-electron chi connectivity index (χ2n) is 6.38. The summed E-state index contributed by atoms with van der Waals surface area (Å²) in [7, 11) is 0. The van der Waals surface area contributed by atoms with Crippen LogP contribution in [0.1, 0.15) is 70.8 Å². The summed E-state index contributed by atoms with van der Waals surface area (Å²) in [5, 5.41) is 3.69. The molecule has 2 rings (SSSR count). The molecule has 0 bridgehead atoms. The zero-order valence-electron chi connectivity index (χ0n) is 13.9. The van der Waals surface area contributed by atoms with Crippen LogP contribution in [0.2, 0.25) is 0 Å². The smallest absolute Gasteiger partial charge is 0.123 e. The average Bonchev–Trinajstić information content (AvgIpc) is 3.04. The minimum absolute atomic E-state index is 0.274. The molecule has 1 saturated carbocycles. The van der Waals surface area contributed by atoms with Crippen molar-refractivity contribution in [3.8, 4) is 5.75 Å². The van der Waals surface area contributed by atoms with Crippen molar-refractivity contribution in [3.05, 3.63) is 29.8 Å². The van der Waals surface area contributed by atoms with E-state index >= 15 is 0 Å². The van der Waals surface area contributed by atoms with E-state index in [1.165, 1.54) is 31.2 Å². The largest absolute Gasteiger partial charge is 0.489 e. The van der Waals surface area contributed by atoms with E-state index in [9.17, 15) is 0 Å². The molecule has 2 unspecified atom stereocenters. The highest BCUT2D eigenvalue weighted by atomic mass is 16.5. The highest BCUT2D eigenvalue weighted by Crippen LogP contribution is 2.29. The summed E-state index contributed by atoms with van der Waals surface area (Å²) in [6.07, 6.45) is 7.90. The molecule has 0 aliphatic heterocycles. The highest BCUT2D eigenvalue weighted by molar-refractivity contribution is 5.36. The first-order valence-corrected chi connectivity index (χ1v) is 8.73. The maximum Gasteiger partial charge on any atom is 0.123 e. The Bertz CT molecular complexity index is 412. The molecule has 0 heterocycles. The molecule has 0 saturated heterocycles. The molecule has 0 spiro atoms. The Balaban J connectivity index is 1.94. The number of para-hydroxylation sites is 1. The number of ether oxygens (including phenoxy) is 1. The first-order chi connectivity index (χ1) is 10.2. The van der Waals surface area contributed by atoms with Gasteiger partial charge in [0.15, 0.2) is 0 Å². The Kier molecular flexibility index (Phi) is 6.56. The van der Waals surface area contributed by atoms with Gasteiger partial charge in [0.25, 0.3) is 0 Å². The predicted octanol–water partition coefficient (Wildman–Crippen LogP) is 4.89. The maximum atomic E-state index is 6.32. The van der Waals surface area contributed by atoms with Crippen LogP contribution in [0.5, 0.6) is 5.75 Å². The fourth-order valence-corrected chi connectivity index (χ4v) is 3.09. The van der Waals surface area contributed by atoms with E-state index in [2.05, 4.69) is 50.4 Å². The topological polar surface area (TPSA) is 21.3 Å². The van der Waals surface area contributed by atoms with E-state index in [1.807, 2.05) is 0 Å². The average molecular weight is 289 g/mol. The summed E-state index contributed by atoms with van der Waals surface area (Å²) in [4.78, 5) is 0. The van der Waals surface area contributed by atoms with E-state index in [0.29, 0.717) is 12.0 Å². The van der Waals surface area contributed by atoms with E-state index in [4.69, 9.17) is 4.74 Å². The van der Waals surface area contributed by atoms with Gasteiger partial charge < -0.3 is 10.1 Å². The molecule has 2 heteroatoms. The third kappa shape index (κ3) is 4.74. The molecule has 1 fully saturated rings. The standard InChI is InChI=1S/C19H31NO/c1-4-15(3)18-12-8-9-13-19(18)21-17(5-2)14-20-16-10-6-7-11-16/h8-9,12-13,15-17,20H,4-7,10-11,14H2,1-3H3. The van der Waals surface area contributed by atoms with Gasteiger partial charge in [-0.15, -0.1) is 0 Å². The molecule has 0 aromatic heterocycles. The number of benzene rings is 1. The van der Waals surface area contributed by atoms with Gasteiger partial charge >= 0.3 is 0 Å². The summed E-state index contributed by atoms with van der Waals surface area (Å²) in [5.41, 5.74) is 1.35. The van der Waals surface area contributed by atoms with Crippen LogP contribution in [-0.2, 0) is 0 Å². The number of hydrogen-bond donors (Lipinski definition) is 1. The van der Waals surface area contributed by atoms with Gasteiger partial charge in [-0.1, -0.05) is 51.8 Å². The third-order valence-corrected chi connectivity index (χ3v) is 4.80. The van der Waals surface area contributed by atoms with Crippen LogP contribution >= 0.6 is 0 Å². The molecule has 2 nitrogen and oxygen atoms in total. The summed E-state index contributed by atoms with van der Waals surface area (Å²) >= 11 is 0. The third-order valence-electron chi connectivity index (χ3n) is 4.80. The van der Waals surface area contributed by atoms with Crippen LogP contribution in [-0.4, -0.2) is 18.7 Å². The van der Waals surface area contributed by atoms with Crippen molar-refractivity contribution in [2.45, 2.75) is 77.4 Å². The molecule has 0 amide bonds. The monoisotopic (exact) mass is 289 g/mol. The molecule has 1 aliphatic rings. The van der Waals surface area contributed by atoms with Gasteiger partial charge in [-0.25, -0.2) is 0 Å². The molecule has 1 aliphatic carbocycles. The van der Waals surface area contributed by atoms with Crippen molar-refractivity contribution >= 4 is 0 Å². The van der Waals surface area contributed by atoms with Crippen molar-refractivity contribution in [2.24, 2.45) is 0 Å². The number of hydrogen-bond acceptors (Lipinski definition) is 2. The lowest BCUT2D eigenvalue weighted by molar-refractivity contribution is 0.186. The van der Waals surface area contributed by atoms with Crippen LogP contribution in [0.25, 0.3) is 0 Å². The van der Waals surface area contributed by atoms with Crippen molar-refractivity contribution in [1.82, 2.24) is 5.32 Å². The Morgan fingerprint density at radius 1 is 1.14 bits per heavy atom. The van der Waals surface area contributed by atoms with Crippen LogP contribution in [0.3, 0.4) is 0 Å². The van der Waals surface area contributed by atoms with Gasteiger partial charge in [0, 0.05) is 12.6 Å². The van der Waals surface area contributed by atoms with Crippen LogP contribution in [0, 0.1) is 0 Å². The lowest BCUT2D eigenvalue weighted by Crippen LogP contribution is -2.36. The Morgan fingerprint density at radius 3 is 2.52 bits per heavy atom. The first kappa shape index (κ1) is 16.4. The lowest BCUT2D eigenvalue weighted by atomic mass is 9.98. The second-order valence-corrected chi connectivity index (χ2v) is 6.38. The second kappa shape index (κ2) is 8.43. The summed E-state index contributed by atoms with van der Waals surface area (Å²) in [6.45, 7) is 7.70. The SMILES string of the molecule is CCC(CNC1CCCC1)Oc1ccccc1C(C)CC. The fraction of sp³-hybridized carbons (Fsp3) is 0.684. The molecule has 21 heavy (non-hydrogen) atoms. The normalized spacial score (nSPS) is 18.6. The van der Waals surface area contributed by atoms with Crippen molar-refractivity contribution in [3.63, 3.8) is 0 Å². The van der Waals surface area contributed by atoms with Gasteiger partial charge in [0.2, 0.25) is 0 Å². The minimum Gasteiger partial charge on any atom is -0.489 e. The zero-order chi connectivity index (χ0) is 15.1. The van der Waals surface area contributed by atoms with Gasteiger partial charge in [-0.3, -0.25) is 0 Å². The quantitative estimate of drug-likeness (QED) is 0.735. The van der Waals surface area contributed by atoms with Crippen molar-refractivity contribution < 1.29 is 4.74 Å². The number of rotatable bonds is 8. The predicted molar refractivity (Wildman–Crippen MR) is 90.1 cm³/mol. The molecule has 1 N–H and O–H groups in total. The molecular formula is C19H31NO. The van der Waals surface area contributed by atoms with Crippen molar-refractivity contribution in [1.29, 1.82) is 0 Å². The maximum absolute atomic E-state index is 6.32. The first-order valence-electron chi connectivity index (χ1n) is 8.73. The summed E-state index contributed by atoms with van der Waals surface area (Å²) in [5.74, 6) is 1.63. The van der Waals surface area contributed by atoms with Crippen LogP contribution in [0.15, 0.2) is 24.3 Å². The Labute approximate surface area is 130 Å². The minimum atomic E-state index is 0.274. The Morgan fingerprint density at radius 2 is 1.86 bits per heavy atom. The lowest BCUT2D eigenvalue weighted by Gasteiger charge is -2.23. The van der Waals surface area contributed by atoms with Gasteiger partial charge in [0.05, 0.1) is 0 Å². The van der Waals surface area contributed by atoms with Gasteiger partial charge in [-0.2, -0.15) is 0 Å². The van der Waals surface area contributed by atoms with Crippen LogP contribution < -0.4 is 10.1 Å². The van der Waals surface area contributed by atoms with Crippen molar-refractivity contribution in [2.75, 3.05) is 6.54 Å². The zero-order valence-corrected chi connectivity index (χ0v) is 13.9. The molecule has 2 atom stereocenters. The highest BCUT2D eigenvalue weighted by Gasteiger charge is 2.18. The summed E-state index contributed by atoms with van der Waals surface area (Å²) in [6, 6.07) is 9.25. The molecule has 0 radical (unpaired) electrons. The van der Waals surface area contributed by atoms with E-state index in [-0.39, 0.29) is 6.10 Å². The molecule has 1 aromatic rings. The molecule has 118 valence electrons. The Hall–Kier alpha value is -1.02.